The maximum absolute atomic E-state index is 13.5. The van der Waals surface area contributed by atoms with Gasteiger partial charge in [0.25, 0.3) is 0 Å². The molecular weight excluding hydrogens is 264 g/mol. The Kier molecular flexibility index (Phi) is 4.56. The van der Waals surface area contributed by atoms with Gasteiger partial charge in [0.15, 0.2) is 11.6 Å². The quantitative estimate of drug-likeness (QED) is 0.845. The van der Waals surface area contributed by atoms with Crippen molar-refractivity contribution in [2.45, 2.75) is 23.6 Å². The van der Waals surface area contributed by atoms with Crippen LogP contribution < -0.4 is 5.73 Å². The number of thioether (sulfide) groups is 1. The Bertz CT molecular complexity index is 570. The van der Waals surface area contributed by atoms with Gasteiger partial charge < -0.3 is 5.73 Å². The van der Waals surface area contributed by atoms with Crippen LogP contribution in [-0.4, -0.2) is 0 Å². The first-order chi connectivity index (χ1) is 9.08. The molecule has 0 amide bonds. The van der Waals surface area contributed by atoms with E-state index in [9.17, 15) is 8.78 Å². The summed E-state index contributed by atoms with van der Waals surface area (Å²) in [6.07, 6.45) is 0. The van der Waals surface area contributed by atoms with E-state index in [-0.39, 0.29) is 6.04 Å². The van der Waals surface area contributed by atoms with Crippen LogP contribution in [0.5, 0.6) is 0 Å². The number of rotatable bonds is 4. The highest BCUT2D eigenvalue weighted by Crippen LogP contribution is 2.26. The molecule has 100 valence electrons. The van der Waals surface area contributed by atoms with Gasteiger partial charge in [0.2, 0.25) is 0 Å². The first-order valence-corrected chi connectivity index (χ1v) is 6.97. The molecule has 1 nitrogen and oxygen atoms in total. The molecule has 0 aliphatic rings. The van der Waals surface area contributed by atoms with Gasteiger partial charge in [-0.2, -0.15) is 0 Å². The summed E-state index contributed by atoms with van der Waals surface area (Å²) in [4.78, 5) is 0.999. The lowest BCUT2D eigenvalue weighted by atomic mass is 10.1. The molecule has 2 N–H and O–H groups in total. The van der Waals surface area contributed by atoms with Crippen LogP contribution in [0.25, 0.3) is 0 Å². The number of hydrogen-bond donors (Lipinski definition) is 1. The van der Waals surface area contributed by atoms with Crippen molar-refractivity contribution in [3.05, 3.63) is 65.2 Å². The molecule has 2 rings (SSSR count). The number of benzene rings is 2. The highest BCUT2D eigenvalue weighted by Gasteiger charge is 2.08. The summed E-state index contributed by atoms with van der Waals surface area (Å²) in [6, 6.07) is 12.0. The lowest BCUT2D eigenvalue weighted by Gasteiger charge is -2.08. The minimum Gasteiger partial charge on any atom is -0.324 e. The summed E-state index contributed by atoms with van der Waals surface area (Å²) in [5, 5.41) is 0. The van der Waals surface area contributed by atoms with Gasteiger partial charge in [-0.05, 0) is 30.7 Å². The van der Waals surface area contributed by atoms with Crippen LogP contribution in [0.15, 0.2) is 47.4 Å². The van der Waals surface area contributed by atoms with E-state index in [0.29, 0.717) is 11.3 Å². The molecule has 0 radical (unpaired) electrons. The zero-order valence-electron chi connectivity index (χ0n) is 10.6. The van der Waals surface area contributed by atoms with E-state index in [4.69, 9.17) is 5.73 Å². The maximum Gasteiger partial charge on any atom is 0.162 e. The summed E-state index contributed by atoms with van der Waals surface area (Å²) in [7, 11) is 0. The van der Waals surface area contributed by atoms with Crippen molar-refractivity contribution in [3.63, 3.8) is 0 Å². The Morgan fingerprint density at radius 2 is 1.89 bits per heavy atom. The lowest BCUT2D eigenvalue weighted by Crippen LogP contribution is -2.04. The second kappa shape index (κ2) is 6.17. The standard InChI is InChI=1S/C15H15F2NS/c1-10(18)11-4-2-6-13(8-11)19-9-12-5-3-7-14(16)15(12)17/h2-8,10H,9,18H2,1H3. The fraction of sp³-hybridized carbons (Fsp3) is 0.200. The normalized spacial score (nSPS) is 12.4. The molecule has 4 heteroatoms. The molecule has 0 saturated carbocycles. The van der Waals surface area contributed by atoms with E-state index in [1.165, 1.54) is 17.8 Å². The third kappa shape index (κ3) is 3.55. The summed E-state index contributed by atoms with van der Waals surface area (Å²) < 4.78 is 26.6. The Hall–Kier alpha value is -1.39. The minimum atomic E-state index is -0.803. The predicted molar refractivity (Wildman–Crippen MR) is 75.0 cm³/mol. The molecule has 0 aliphatic heterocycles. The van der Waals surface area contributed by atoms with Crippen LogP contribution in [0, 0.1) is 11.6 Å². The van der Waals surface area contributed by atoms with Crippen molar-refractivity contribution in [1.82, 2.24) is 0 Å². The predicted octanol–water partition coefficient (Wildman–Crippen LogP) is 4.28. The Labute approximate surface area is 115 Å². The van der Waals surface area contributed by atoms with Crippen molar-refractivity contribution in [2.75, 3.05) is 0 Å². The summed E-state index contributed by atoms with van der Waals surface area (Å²) in [5.74, 6) is -1.17. The second-order valence-corrected chi connectivity index (χ2v) is 5.41. The fourth-order valence-corrected chi connectivity index (χ4v) is 2.65. The maximum atomic E-state index is 13.5. The topological polar surface area (TPSA) is 26.0 Å². The van der Waals surface area contributed by atoms with Gasteiger partial charge in [0, 0.05) is 22.3 Å². The van der Waals surface area contributed by atoms with Gasteiger partial charge in [0.05, 0.1) is 0 Å². The number of halogens is 2. The lowest BCUT2D eigenvalue weighted by molar-refractivity contribution is 0.502. The molecule has 1 unspecified atom stereocenters. The van der Waals surface area contributed by atoms with Crippen molar-refractivity contribution >= 4 is 11.8 Å². The van der Waals surface area contributed by atoms with E-state index >= 15 is 0 Å². The average molecular weight is 279 g/mol. The molecule has 2 aromatic carbocycles. The Morgan fingerprint density at radius 3 is 2.63 bits per heavy atom. The largest absolute Gasteiger partial charge is 0.324 e. The molecule has 0 spiro atoms. The monoisotopic (exact) mass is 279 g/mol. The molecule has 0 bridgehead atoms. The zero-order valence-corrected chi connectivity index (χ0v) is 11.4. The molecule has 0 heterocycles. The van der Waals surface area contributed by atoms with E-state index in [1.54, 1.807) is 6.07 Å². The van der Waals surface area contributed by atoms with Crippen LogP contribution >= 0.6 is 11.8 Å². The number of nitrogens with two attached hydrogens (primary N) is 1. The first kappa shape index (κ1) is 14.0. The van der Waals surface area contributed by atoms with Crippen LogP contribution in [0.2, 0.25) is 0 Å². The molecular formula is C15H15F2NS. The van der Waals surface area contributed by atoms with Crippen LogP contribution in [-0.2, 0) is 5.75 Å². The van der Waals surface area contributed by atoms with Crippen molar-refractivity contribution < 1.29 is 8.78 Å². The van der Waals surface area contributed by atoms with Crippen molar-refractivity contribution in [2.24, 2.45) is 5.73 Å². The van der Waals surface area contributed by atoms with Gasteiger partial charge in [-0.25, -0.2) is 8.78 Å². The molecule has 1 atom stereocenters. The van der Waals surface area contributed by atoms with Crippen molar-refractivity contribution in [1.29, 1.82) is 0 Å². The third-order valence-electron chi connectivity index (χ3n) is 2.81. The fourth-order valence-electron chi connectivity index (χ4n) is 1.71. The van der Waals surface area contributed by atoms with Gasteiger partial charge >= 0.3 is 0 Å². The highest BCUT2D eigenvalue weighted by molar-refractivity contribution is 7.98. The molecule has 0 saturated heterocycles. The SMILES string of the molecule is CC(N)c1cccc(SCc2cccc(F)c2F)c1. The van der Waals surface area contributed by atoms with Crippen LogP contribution in [0.4, 0.5) is 8.78 Å². The molecule has 0 fully saturated rings. The van der Waals surface area contributed by atoms with Crippen LogP contribution in [0.1, 0.15) is 24.1 Å². The Balaban J connectivity index is 2.10. The molecule has 2 aromatic rings. The van der Waals surface area contributed by atoms with Gasteiger partial charge in [0.1, 0.15) is 0 Å². The average Bonchev–Trinajstić information content (AvgIpc) is 2.41. The third-order valence-corrected chi connectivity index (χ3v) is 3.85. The second-order valence-electron chi connectivity index (χ2n) is 4.36. The van der Waals surface area contributed by atoms with Gasteiger partial charge in [-0.3, -0.25) is 0 Å². The van der Waals surface area contributed by atoms with Crippen LogP contribution in [0.3, 0.4) is 0 Å². The first-order valence-electron chi connectivity index (χ1n) is 5.99. The van der Waals surface area contributed by atoms with Gasteiger partial charge in [-0.15, -0.1) is 11.8 Å². The van der Waals surface area contributed by atoms with E-state index in [1.807, 2.05) is 31.2 Å². The molecule has 19 heavy (non-hydrogen) atoms. The molecule has 0 aliphatic carbocycles. The highest BCUT2D eigenvalue weighted by atomic mass is 32.2. The minimum absolute atomic E-state index is 0.0357. The zero-order chi connectivity index (χ0) is 13.8. The van der Waals surface area contributed by atoms with Crippen molar-refractivity contribution in [3.8, 4) is 0 Å². The van der Waals surface area contributed by atoms with E-state index in [0.717, 1.165) is 16.5 Å². The van der Waals surface area contributed by atoms with E-state index < -0.39 is 11.6 Å². The number of hydrogen-bond acceptors (Lipinski definition) is 2. The summed E-state index contributed by atoms with van der Waals surface area (Å²) in [5.41, 5.74) is 7.22. The van der Waals surface area contributed by atoms with E-state index in [2.05, 4.69) is 0 Å². The van der Waals surface area contributed by atoms with Gasteiger partial charge in [-0.1, -0.05) is 24.3 Å². The summed E-state index contributed by atoms with van der Waals surface area (Å²) >= 11 is 1.47. The molecule has 0 aromatic heterocycles. The smallest absolute Gasteiger partial charge is 0.162 e. The Morgan fingerprint density at radius 1 is 1.16 bits per heavy atom. The summed E-state index contributed by atoms with van der Waals surface area (Å²) in [6.45, 7) is 1.91.